The Morgan fingerprint density at radius 3 is 2.80 bits per heavy atom. The van der Waals surface area contributed by atoms with Gasteiger partial charge in [0.25, 0.3) is 0 Å². The van der Waals surface area contributed by atoms with Crippen LogP contribution in [-0.2, 0) is 11.2 Å². The summed E-state index contributed by atoms with van der Waals surface area (Å²) in [5.41, 5.74) is 3.57. The standard InChI is InChI=1S/C15H10ClFINO/c16-15(11-3-2-10(17)7-12(11)18)8-1-4-13-9(5-8)6-14(20)19-13/h1-5,7,15H,6H2,(H,19,20). The van der Waals surface area contributed by atoms with Crippen LogP contribution in [0.25, 0.3) is 0 Å². The van der Waals surface area contributed by atoms with Crippen molar-refractivity contribution < 1.29 is 9.18 Å². The molecule has 1 atom stereocenters. The smallest absolute Gasteiger partial charge is 0.228 e. The molecule has 2 nitrogen and oxygen atoms in total. The molecule has 20 heavy (non-hydrogen) atoms. The first-order valence-electron chi connectivity index (χ1n) is 6.06. The van der Waals surface area contributed by atoms with E-state index in [4.69, 9.17) is 11.6 Å². The zero-order chi connectivity index (χ0) is 14.3. The van der Waals surface area contributed by atoms with E-state index in [9.17, 15) is 9.18 Å². The van der Waals surface area contributed by atoms with E-state index in [1.807, 2.05) is 18.2 Å². The van der Waals surface area contributed by atoms with Crippen LogP contribution in [0.1, 0.15) is 22.1 Å². The van der Waals surface area contributed by atoms with Crippen molar-refractivity contribution in [2.75, 3.05) is 5.32 Å². The van der Waals surface area contributed by atoms with Gasteiger partial charge >= 0.3 is 0 Å². The maximum Gasteiger partial charge on any atom is 0.228 e. The summed E-state index contributed by atoms with van der Waals surface area (Å²) in [4.78, 5) is 11.4. The average Bonchev–Trinajstić information content (AvgIpc) is 2.77. The first-order chi connectivity index (χ1) is 9.54. The molecule has 0 radical (unpaired) electrons. The number of halogens is 3. The Kier molecular flexibility index (Phi) is 3.69. The van der Waals surface area contributed by atoms with Gasteiger partial charge in [-0.25, -0.2) is 4.39 Å². The molecule has 1 aliphatic heterocycles. The number of benzene rings is 2. The summed E-state index contributed by atoms with van der Waals surface area (Å²) >= 11 is 8.57. The van der Waals surface area contributed by atoms with Crippen molar-refractivity contribution in [3.8, 4) is 0 Å². The van der Waals surface area contributed by atoms with Crippen molar-refractivity contribution in [1.82, 2.24) is 0 Å². The summed E-state index contributed by atoms with van der Waals surface area (Å²) in [7, 11) is 0. The van der Waals surface area contributed by atoms with Crippen LogP contribution in [0.4, 0.5) is 10.1 Å². The van der Waals surface area contributed by atoms with E-state index >= 15 is 0 Å². The SMILES string of the molecule is O=C1Cc2cc(C(Cl)c3ccc(F)cc3I)ccc2N1. The highest BCUT2D eigenvalue weighted by molar-refractivity contribution is 14.1. The van der Waals surface area contributed by atoms with Gasteiger partial charge in [0.05, 0.1) is 11.8 Å². The Bertz CT molecular complexity index is 704. The Morgan fingerprint density at radius 2 is 2.05 bits per heavy atom. The second-order valence-corrected chi connectivity index (χ2v) is 6.27. The first-order valence-corrected chi connectivity index (χ1v) is 7.58. The molecule has 1 N–H and O–H groups in total. The van der Waals surface area contributed by atoms with Crippen LogP contribution in [0.3, 0.4) is 0 Å². The fourth-order valence-corrected chi connectivity index (χ4v) is 3.59. The quantitative estimate of drug-likeness (QED) is 0.591. The maximum atomic E-state index is 13.1. The lowest BCUT2D eigenvalue weighted by atomic mass is 10.0. The Hall–Kier alpha value is -1.14. The molecule has 2 aromatic rings. The second kappa shape index (κ2) is 5.33. The van der Waals surface area contributed by atoms with Gasteiger partial charge in [-0.1, -0.05) is 18.2 Å². The van der Waals surface area contributed by atoms with Crippen LogP contribution >= 0.6 is 34.2 Å². The molecular weight excluding hydrogens is 392 g/mol. The molecule has 1 heterocycles. The topological polar surface area (TPSA) is 29.1 Å². The van der Waals surface area contributed by atoms with Crippen molar-refractivity contribution in [3.63, 3.8) is 0 Å². The lowest BCUT2D eigenvalue weighted by Gasteiger charge is -2.13. The van der Waals surface area contributed by atoms with Crippen LogP contribution in [0.5, 0.6) is 0 Å². The Balaban J connectivity index is 1.97. The highest BCUT2D eigenvalue weighted by Gasteiger charge is 2.21. The van der Waals surface area contributed by atoms with Gasteiger partial charge in [-0.15, -0.1) is 11.6 Å². The van der Waals surface area contributed by atoms with Gasteiger partial charge in [0.15, 0.2) is 0 Å². The molecule has 0 bridgehead atoms. The molecule has 1 amide bonds. The van der Waals surface area contributed by atoms with Gasteiger partial charge in [0, 0.05) is 9.26 Å². The number of anilines is 1. The average molecular weight is 402 g/mol. The van der Waals surface area contributed by atoms with Crippen molar-refractivity contribution in [2.45, 2.75) is 11.8 Å². The summed E-state index contributed by atoms with van der Waals surface area (Å²) in [6.07, 6.45) is 0.382. The molecule has 0 saturated heterocycles. The number of hydrogen-bond acceptors (Lipinski definition) is 1. The van der Waals surface area contributed by atoms with E-state index in [0.29, 0.717) is 6.42 Å². The number of alkyl halides is 1. The van der Waals surface area contributed by atoms with Gasteiger partial charge in [0.1, 0.15) is 5.82 Å². The fourth-order valence-electron chi connectivity index (χ4n) is 2.29. The molecule has 0 fully saturated rings. The van der Waals surface area contributed by atoms with Crippen LogP contribution in [-0.4, -0.2) is 5.91 Å². The third-order valence-corrected chi connectivity index (χ3v) is 4.70. The minimum atomic E-state index is -0.358. The van der Waals surface area contributed by atoms with E-state index in [-0.39, 0.29) is 17.1 Å². The molecule has 0 spiro atoms. The molecule has 1 unspecified atom stereocenters. The monoisotopic (exact) mass is 401 g/mol. The number of fused-ring (bicyclic) bond motifs is 1. The molecular formula is C15H10ClFINO. The normalized spacial score (nSPS) is 14.8. The van der Waals surface area contributed by atoms with Crippen LogP contribution < -0.4 is 5.32 Å². The summed E-state index contributed by atoms with van der Waals surface area (Å²) in [5.74, 6) is -0.273. The molecule has 3 rings (SSSR count). The molecule has 0 aliphatic carbocycles. The van der Waals surface area contributed by atoms with E-state index < -0.39 is 0 Å². The Labute approximate surface area is 134 Å². The van der Waals surface area contributed by atoms with E-state index in [0.717, 1.165) is 25.9 Å². The molecule has 0 saturated carbocycles. The lowest BCUT2D eigenvalue weighted by Crippen LogP contribution is -2.03. The van der Waals surface area contributed by atoms with Gasteiger partial charge < -0.3 is 5.32 Å². The van der Waals surface area contributed by atoms with E-state index in [2.05, 4.69) is 27.9 Å². The number of carbonyl (C=O) groups is 1. The van der Waals surface area contributed by atoms with Crippen molar-refractivity contribution >= 4 is 45.8 Å². The second-order valence-electron chi connectivity index (χ2n) is 4.67. The molecule has 0 aromatic heterocycles. The largest absolute Gasteiger partial charge is 0.326 e. The summed E-state index contributed by atoms with van der Waals surface area (Å²) in [6, 6.07) is 10.3. The first kappa shape index (κ1) is 13.8. The number of hydrogen-bond donors (Lipinski definition) is 1. The van der Waals surface area contributed by atoms with Crippen molar-refractivity contribution in [1.29, 1.82) is 0 Å². The highest BCUT2D eigenvalue weighted by atomic mass is 127. The Morgan fingerprint density at radius 1 is 1.25 bits per heavy atom. The van der Waals surface area contributed by atoms with E-state index in [1.54, 1.807) is 6.07 Å². The summed E-state index contributed by atoms with van der Waals surface area (Å²) in [6.45, 7) is 0. The fraction of sp³-hybridized carbons (Fsp3) is 0.133. The van der Waals surface area contributed by atoms with Crippen LogP contribution in [0, 0.1) is 9.39 Å². The predicted molar refractivity (Wildman–Crippen MR) is 85.6 cm³/mol. The highest BCUT2D eigenvalue weighted by Crippen LogP contribution is 2.35. The predicted octanol–water partition coefficient (Wildman–Crippen LogP) is 4.25. The maximum absolute atomic E-state index is 13.1. The third kappa shape index (κ3) is 2.54. The van der Waals surface area contributed by atoms with Gasteiger partial charge in [-0.05, 0) is 57.5 Å². The van der Waals surface area contributed by atoms with E-state index in [1.165, 1.54) is 12.1 Å². The van der Waals surface area contributed by atoms with Crippen molar-refractivity contribution in [3.05, 3.63) is 62.5 Å². The molecule has 2 aromatic carbocycles. The molecule has 5 heteroatoms. The van der Waals surface area contributed by atoms with Crippen molar-refractivity contribution in [2.24, 2.45) is 0 Å². The lowest BCUT2D eigenvalue weighted by molar-refractivity contribution is -0.115. The summed E-state index contributed by atoms with van der Waals surface area (Å²) < 4.78 is 13.9. The van der Waals surface area contributed by atoms with Gasteiger partial charge in [-0.3, -0.25) is 4.79 Å². The van der Waals surface area contributed by atoms with Crippen LogP contribution in [0.2, 0.25) is 0 Å². The zero-order valence-corrected chi connectivity index (χ0v) is 13.2. The van der Waals surface area contributed by atoms with Gasteiger partial charge in [-0.2, -0.15) is 0 Å². The number of carbonyl (C=O) groups excluding carboxylic acids is 1. The van der Waals surface area contributed by atoms with Gasteiger partial charge in [0.2, 0.25) is 5.91 Å². The number of amides is 1. The van der Waals surface area contributed by atoms with Crippen LogP contribution in [0.15, 0.2) is 36.4 Å². The number of rotatable bonds is 2. The number of nitrogens with one attached hydrogen (secondary N) is 1. The summed E-state index contributed by atoms with van der Waals surface area (Å²) in [5, 5.41) is 2.43. The minimum Gasteiger partial charge on any atom is -0.326 e. The zero-order valence-electron chi connectivity index (χ0n) is 10.3. The molecule has 102 valence electrons. The molecule has 1 aliphatic rings. The minimum absolute atomic E-state index is 0.000338. The third-order valence-electron chi connectivity index (χ3n) is 3.28.